The molecule has 5 heteroatoms. The second-order valence-electron chi connectivity index (χ2n) is 7.67. The summed E-state index contributed by atoms with van der Waals surface area (Å²) in [4.78, 5) is 15.6. The van der Waals surface area contributed by atoms with Gasteiger partial charge in [-0.2, -0.15) is 0 Å². The number of likely N-dealkylation sites (tertiary alicyclic amines) is 2. The minimum absolute atomic E-state index is 0.179. The van der Waals surface area contributed by atoms with Crippen LogP contribution in [0.5, 0.6) is 0 Å². The lowest BCUT2D eigenvalue weighted by atomic mass is 9.95. The van der Waals surface area contributed by atoms with E-state index in [1.807, 2.05) is 12.1 Å². The Morgan fingerprint density at radius 3 is 2.16 bits per heavy atom. The summed E-state index contributed by atoms with van der Waals surface area (Å²) in [5.74, 6) is 0.869. The predicted octanol–water partition coefficient (Wildman–Crippen LogP) is 3.73. The fourth-order valence-electron chi connectivity index (χ4n) is 4.15. The van der Waals surface area contributed by atoms with Crippen molar-refractivity contribution in [2.75, 3.05) is 39.3 Å². The van der Waals surface area contributed by atoms with Crippen LogP contribution < -0.4 is 0 Å². The van der Waals surface area contributed by atoms with Crippen LogP contribution in [0.2, 0.25) is 0 Å². The van der Waals surface area contributed by atoms with Gasteiger partial charge in [0.2, 0.25) is 0 Å². The Bertz CT molecular complexity index is 530. The molecule has 0 bridgehead atoms. The van der Waals surface area contributed by atoms with Crippen molar-refractivity contribution in [1.82, 2.24) is 9.80 Å². The van der Waals surface area contributed by atoms with E-state index in [1.54, 1.807) is 12.1 Å². The summed E-state index contributed by atoms with van der Waals surface area (Å²) in [5.41, 5.74) is 1.37. The first kappa shape index (κ1) is 18.3. The van der Waals surface area contributed by atoms with E-state index in [9.17, 15) is 10.1 Å². The van der Waals surface area contributed by atoms with Crippen LogP contribution in [0.4, 0.5) is 5.69 Å². The van der Waals surface area contributed by atoms with E-state index in [-0.39, 0.29) is 10.6 Å². The lowest BCUT2D eigenvalue weighted by Gasteiger charge is -2.34. The molecule has 5 nitrogen and oxygen atoms in total. The average molecular weight is 345 g/mol. The molecule has 0 aromatic heterocycles. The maximum absolute atomic E-state index is 10.7. The SMILES string of the molecule is O=[N+]([O-])c1ccc(CCN2CCC(CN3CCCCCC3)CC2)cc1. The van der Waals surface area contributed by atoms with Gasteiger partial charge in [-0.25, -0.2) is 0 Å². The van der Waals surface area contributed by atoms with Crippen LogP contribution in [0.25, 0.3) is 0 Å². The third-order valence-corrected chi connectivity index (χ3v) is 5.79. The fourth-order valence-corrected chi connectivity index (χ4v) is 4.15. The van der Waals surface area contributed by atoms with E-state index >= 15 is 0 Å². The van der Waals surface area contributed by atoms with Crippen molar-refractivity contribution in [2.24, 2.45) is 5.92 Å². The smallest absolute Gasteiger partial charge is 0.269 e. The molecule has 2 saturated heterocycles. The molecule has 2 fully saturated rings. The van der Waals surface area contributed by atoms with Crippen molar-refractivity contribution in [2.45, 2.75) is 44.9 Å². The minimum atomic E-state index is -0.334. The Hall–Kier alpha value is -1.46. The molecule has 2 aliphatic rings. The van der Waals surface area contributed by atoms with E-state index < -0.39 is 0 Å². The first-order chi connectivity index (χ1) is 12.2. The Morgan fingerprint density at radius 2 is 1.56 bits per heavy atom. The van der Waals surface area contributed by atoms with Gasteiger partial charge in [0.1, 0.15) is 0 Å². The van der Waals surface area contributed by atoms with Crippen LogP contribution in [0.1, 0.15) is 44.1 Å². The zero-order valence-corrected chi connectivity index (χ0v) is 15.2. The fraction of sp³-hybridized carbons (Fsp3) is 0.700. The number of nitro groups is 1. The monoisotopic (exact) mass is 345 g/mol. The number of piperidine rings is 1. The second-order valence-corrected chi connectivity index (χ2v) is 7.67. The van der Waals surface area contributed by atoms with Gasteiger partial charge in [0, 0.05) is 25.2 Å². The van der Waals surface area contributed by atoms with Crippen molar-refractivity contribution in [3.63, 3.8) is 0 Å². The van der Waals surface area contributed by atoms with Crippen molar-refractivity contribution < 1.29 is 4.92 Å². The number of hydrogen-bond donors (Lipinski definition) is 0. The first-order valence-corrected chi connectivity index (χ1v) is 9.89. The molecule has 0 atom stereocenters. The van der Waals surface area contributed by atoms with Gasteiger partial charge in [-0.3, -0.25) is 10.1 Å². The summed E-state index contributed by atoms with van der Waals surface area (Å²) in [5, 5.41) is 10.7. The van der Waals surface area contributed by atoms with Gasteiger partial charge in [-0.1, -0.05) is 25.0 Å². The number of non-ortho nitro benzene ring substituents is 1. The molecule has 0 N–H and O–H groups in total. The van der Waals surface area contributed by atoms with Crippen LogP contribution in [0, 0.1) is 16.0 Å². The molecule has 138 valence electrons. The quantitative estimate of drug-likeness (QED) is 0.582. The van der Waals surface area contributed by atoms with E-state index in [2.05, 4.69) is 9.80 Å². The molecule has 0 amide bonds. The molecular weight excluding hydrogens is 314 g/mol. The lowest BCUT2D eigenvalue weighted by molar-refractivity contribution is -0.384. The molecule has 1 aromatic carbocycles. The van der Waals surface area contributed by atoms with Gasteiger partial charge in [0.15, 0.2) is 0 Å². The molecule has 2 aliphatic heterocycles. The Morgan fingerprint density at radius 1 is 0.920 bits per heavy atom. The minimum Gasteiger partial charge on any atom is -0.303 e. The van der Waals surface area contributed by atoms with Gasteiger partial charge in [-0.05, 0) is 69.8 Å². The summed E-state index contributed by atoms with van der Waals surface area (Å²) in [6, 6.07) is 7.01. The molecule has 0 spiro atoms. The molecule has 2 heterocycles. The van der Waals surface area contributed by atoms with Gasteiger partial charge >= 0.3 is 0 Å². The lowest BCUT2D eigenvalue weighted by Crippen LogP contribution is -2.39. The number of hydrogen-bond acceptors (Lipinski definition) is 4. The van der Waals surface area contributed by atoms with Crippen LogP contribution >= 0.6 is 0 Å². The molecule has 0 aliphatic carbocycles. The first-order valence-electron chi connectivity index (χ1n) is 9.89. The summed E-state index contributed by atoms with van der Waals surface area (Å²) < 4.78 is 0. The average Bonchev–Trinajstić information content (AvgIpc) is 2.90. The molecular formula is C20H31N3O2. The largest absolute Gasteiger partial charge is 0.303 e. The predicted molar refractivity (Wildman–Crippen MR) is 101 cm³/mol. The molecule has 25 heavy (non-hydrogen) atoms. The molecule has 1 aromatic rings. The Labute approximate surface area is 151 Å². The standard InChI is InChI=1S/C20H31N3O2/c24-23(25)20-7-5-18(6-8-20)9-14-21-15-10-19(11-16-21)17-22-12-3-1-2-4-13-22/h5-8,19H,1-4,9-17H2. The normalized spacial score (nSPS) is 21.1. The third kappa shape index (κ3) is 5.79. The zero-order valence-electron chi connectivity index (χ0n) is 15.2. The van der Waals surface area contributed by atoms with E-state index in [0.717, 1.165) is 18.9 Å². The van der Waals surface area contributed by atoms with Gasteiger partial charge < -0.3 is 9.80 Å². The Kier molecular flexibility index (Phi) is 6.82. The topological polar surface area (TPSA) is 49.6 Å². The van der Waals surface area contributed by atoms with Crippen LogP contribution in [0.15, 0.2) is 24.3 Å². The van der Waals surface area contributed by atoms with Crippen molar-refractivity contribution >= 4 is 5.69 Å². The van der Waals surface area contributed by atoms with Crippen molar-refractivity contribution in [3.05, 3.63) is 39.9 Å². The molecule has 0 radical (unpaired) electrons. The zero-order chi connectivity index (χ0) is 17.5. The molecule has 0 unspecified atom stereocenters. The second kappa shape index (κ2) is 9.30. The maximum Gasteiger partial charge on any atom is 0.269 e. The summed E-state index contributed by atoms with van der Waals surface area (Å²) in [7, 11) is 0. The molecule has 3 rings (SSSR count). The summed E-state index contributed by atoms with van der Waals surface area (Å²) >= 11 is 0. The third-order valence-electron chi connectivity index (χ3n) is 5.79. The van der Waals surface area contributed by atoms with E-state index in [1.165, 1.54) is 76.8 Å². The van der Waals surface area contributed by atoms with E-state index in [0.29, 0.717) is 0 Å². The highest BCUT2D eigenvalue weighted by Crippen LogP contribution is 2.21. The van der Waals surface area contributed by atoms with Gasteiger partial charge in [0.25, 0.3) is 5.69 Å². The van der Waals surface area contributed by atoms with E-state index in [4.69, 9.17) is 0 Å². The Balaban J connectivity index is 1.36. The van der Waals surface area contributed by atoms with Crippen LogP contribution in [0.3, 0.4) is 0 Å². The molecule has 0 saturated carbocycles. The maximum atomic E-state index is 10.7. The van der Waals surface area contributed by atoms with Crippen molar-refractivity contribution in [3.8, 4) is 0 Å². The number of nitrogens with zero attached hydrogens (tertiary/aromatic N) is 3. The number of benzene rings is 1. The number of nitro benzene ring substituents is 1. The summed E-state index contributed by atoms with van der Waals surface area (Å²) in [6.07, 6.45) is 9.21. The van der Waals surface area contributed by atoms with Crippen LogP contribution in [-0.4, -0.2) is 54.0 Å². The van der Waals surface area contributed by atoms with Gasteiger partial charge in [0.05, 0.1) is 4.92 Å². The highest BCUT2D eigenvalue weighted by atomic mass is 16.6. The summed E-state index contributed by atoms with van der Waals surface area (Å²) in [6.45, 7) is 7.38. The number of rotatable bonds is 6. The van der Waals surface area contributed by atoms with Crippen molar-refractivity contribution in [1.29, 1.82) is 0 Å². The van der Waals surface area contributed by atoms with Gasteiger partial charge in [-0.15, -0.1) is 0 Å². The highest BCUT2D eigenvalue weighted by molar-refractivity contribution is 5.32. The highest BCUT2D eigenvalue weighted by Gasteiger charge is 2.21. The van der Waals surface area contributed by atoms with Crippen LogP contribution in [-0.2, 0) is 6.42 Å².